The minimum atomic E-state index is 0.287. The Hall–Kier alpha value is -1.68. The van der Waals surface area contributed by atoms with Crippen molar-refractivity contribution in [1.82, 2.24) is 15.0 Å². The van der Waals surface area contributed by atoms with Gasteiger partial charge in [-0.15, -0.1) is 5.10 Å². The summed E-state index contributed by atoms with van der Waals surface area (Å²) in [6.07, 6.45) is 7.44. The van der Waals surface area contributed by atoms with Crippen LogP contribution in [0, 0.1) is 17.8 Å². The van der Waals surface area contributed by atoms with E-state index in [1.165, 1.54) is 31.2 Å². The minimum Gasteiger partial charge on any atom is -0.379 e. The quantitative estimate of drug-likeness (QED) is 0.632. The van der Waals surface area contributed by atoms with Gasteiger partial charge in [0.1, 0.15) is 0 Å². The van der Waals surface area contributed by atoms with Crippen LogP contribution in [0.2, 0.25) is 0 Å². The van der Waals surface area contributed by atoms with E-state index in [-0.39, 0.29) is 5.92 Å². The van der Waals surface area contributed by atoms with E-state index in [1.54, 1.807) is 0 Å². The summed E-state index contributed by atoms with van der Waals surface area (Å²) in [6.45, 7) is 9.23. The Morgan fingerprint density at radius 1 is 1.12 bits per heavy atom. The molecule has 4 nitrogen and oxygen atoms in total. The maximum atomic E-state index is 5.93. The molecule has 0 spiro atoms. The molecule has 0 saturated heterocycles. The maximum absolute atomic E-state index is 5.93. The Bertz CT molecular complexity index is 644. The van der Waals surface area contributed by atoms with Crippen molar-refractivity contribution in [2.24, 2.45) is 17.8 Å². The zero-order valence-electron chi connectivity index (χ0n) is 16.5. The van der Waals surface area contributed by atoms with E-state index >= 15 is 0 Å². The van der Waals surface area contributed by atoms with Gasteiger partial charge in [0.05, 0.1) is 18.8 Å². The van der Waals surface area contributed by atoms with Gasteiger partial charge in [-0.05, 0) is 36.2 Å². The standard InChI is InChI=1S/C22H33N3O/c1-17(2)22(20-7-5-4-6-8-20)21-15-25(24-23-21)13-14-26-16-19-11-9-18(3)10-12-19/h4-8,15,17-19,22H,9-14,16H2,1-3H3/t18?,19?,22-/m0/s1. The highest BCUT2D eigenvalue weighted by Crippen LogP contribution is 2.30. The van der Waals surface area contributed by atoms with Gasteiger partial charge in [-0.25, -0.2) is 4.68 Å². The number of benzene rings is 1. The lowest BCUT2D eigenvalue weighted by molar-refractivity contribution is 0.0724. The molecule has 1 aliphatic rings. The van der Waals surface area contributed by atoms with Gasteiger partial charge in [0.2, 0.25) is 0 Å². The second-order valence-corrected chi connectivity index (χ2v) is 8.24. The van der Waals surface area contributed by atoms with Crippen molar-refractivity contribution in [1.29, 1.82) is 0 Å². The fourth-order valence-electron chi connectivity index (χ4n) is 4.03. The van der Waals surface area contributed by atoms with Gasteiger partial charge in [0, 0.05) is 18.7 Å². The van der Waals surface area contributed by atoms with Crippen molar-refractivity contribution in [2.75, 3.05) is 13.2 Å². The van der Waals surface area contributed by atoms with Gasteiger partial charge in [0.15, 0.2) is 0 Å². The van der Waals surface area contributed by atoms with Crippen LogP contribution in [-0.2, 0) is 11.3 Å². The first-order valence-electron chi connectivity index (χ1n) is 10.2. The maximum Gasteiger partial charge on any atom is 0.0904 e. The molecule has 1 atom stereocenters. The summed E-state index contributed by atoms with van der Waals surface area (Å²) in [5.41, 5.74) is 2.35. The third-order valence-corrected chi connectivity index (χ3v) is 5.65. The lowest BCUT2D eigenvalue weighted by Crippen LogP contribution is -2.18. The minimum absolute atomic E-state index is 0.287. The van der Waals surface area contributed by atoms with Gasteiger partial charge in [-0.1, -0.05) is 69.2 Å². The summed E-state index contributed by atoms with van der Waals surface area (Å²) in [6, 6.07) is 10.6. The fraction of sp³-hybridized carbons (Fsp3) is 0.636. The van der Waals surface area contributed by atoms with Gasteiger partial charge in [-0.2, -0.15) is 0 Å². The molecule has 2 aromatic rings. The molecule has 0 aliphatic heterocycles. The molecule has 0 N–H and O–H groups in total. The van der Waals surface area contributed by atoms with E-state index < -0.39 is 0 Å². The summed E-state index contributed by atoms with van der Waals surface area (Å²) in [5, 5.41) is 8.77. The average molecular weight is 356 g/mol. The zero-order valence-corrected chi connectivity index (χ0v) is 16.5. The van der Waals surface area contributed by atoms with Crippen LogP contribution in [0.25, 0.3) is 0 Å². The summed E-state index contributed by atoms with van der Waals surface area (Å²) >= 11 is 0. The lowest BCUT2D eigenvalue weighted by atomic mass is 9.83. The first-order valence-corrected chi connectivity index (χ1v) is 10.2. The van der Waals surface area contributed by atoms with Gasteiger partial charge in [-0.3, -0.25) is 0 Å². The molecular formula is C22H33N3O. The molecule has 0 bridgehead atoms. The predicted molar refractivity (Wildman–Crippen MR) is 105 cm³/mol. The van der Waals surface area contributed by atoms with Crippen molar-refractivity contribution in [2.45, 2.75) is 58.9 Å². The van der Waals surface area contributed by atoms with Gasteiger partial charge in [0.25, 0.3) is 0 Å². The van der Waals surface area contributed by atoms with Crippen molar-refractivity contribution in [3.05, 3.63) is 47.8 Å². The van der Waals surface area contributed by atoms with Crippen LogP contribution in [-0.4, -0.2) is 28.2 Å². The number of aromatic nitrogens is 3. The largest absolute Gasteiger partial charge is 0.379 e. The number of rotatable bonds is 8. The molecule has 26 heavy (non-hydrogen) atoms. The Morgan fingerprint density at radius 3 is 2.54 bits per heavy atom. The number of hydrogen-bond acceptors (Lipinski definition) is 3. The van der Waals surface area contributed by atoms with Crippen molar-refractivity contribution >= 4 is 0 Å². The normalized spacial score (nSPS) is 21.8. The predicted octanol–water partition coefficient (Wildman–Crippen LogP) is 4.91. The summed E-state index contributed by atoms with van der Waals surface area (Å²) in [4.78, 5) is 0. The lowest BCUT2D eigenvalue weighted by Gasteiger charge is -2.25. The molecule has 0 amide bonds. The van der Waals surface area contributed by atoms with E-state index in [9.17, 15) is 0 Å². The summed E-state index contributed by atoms with van der Waals surface area (Å²) in [7, 11) is 0. The Kier molecular flexibility index (Phi) is 6.84. The second kappa shape index (κ2) is 9.31. The monoisotopic (exact) mass is 355 g/mol. The van der Waals surface area contributed by atoms with Crippen LogP contribution < -0.4 is 0 Å². The van der Waals surface area contributed by atoms with Crippen LogP contribution in [0.5, 0.6) is 0 Å². The van der Waals surface area contributed by atoms with E-state index in [4.69, 9.17) is 4.74 Å². The number of ether oxygens (including phenoxy) is 1. The Morgan fingerprint density at radius 2 is 1.85 bits per heavy atom. The Labute approximate surface area is 158 Å². The van der Waals surface area contributed by atoms with Crippen LogP contribution in [0.3, 0.4) is 0 Å². The second-order valence-electron chi connectivity index (χ2n) is 8.24. The smallest absolute Gasteiger partial charge is 0.0904 e. The summed E-state index contributed by atoms with van der Waals surface area (Å²) < 4.78 is 7.85. The fourth-order valence-corrected chi connectivity index (χ4v) is 4.03. The molecule has 3 rings (SSSR count). The van der Waals surface area contributed by atoms with Gasteiger partial charge < -0.3 is 4.74 Å². The number of nitrogens with zero attached hydrogens (tertiary/aromatic N) is 3. The molecule has 142 valence electrons. The molecular weight excluding hydrogens is 322 g/mol. The van der Waals surface area contributed by atoms with E-state index in [1.807, 2.05) is 4.68 Å². The highest BCUT2D eigenvalue weighted by atomic mass is 16.5. The molecule has 0 radical (unpaired) electrons. The molecule has 1 heterocycles. The van der Waals surface area contributed by atoms with Crippen molar-refractivity contribution in [3.8, 4) is 0 Å². The third kappa shape index (κ3) is 5.16. The third-order valence-electron chi connectivity index (χ3n) is 5.65. The van der Waals surface area contributed by atoms with Gasteiger partial charge >= 0.3 is 0 Å². The van der Waals surface area contributed by atoms with Crippen LogP contribution in [0.15, 0.2) is 36.5 Å². The first kappa shape index (κ1) is 19.1. The average Bonchev–Trinajstić information content (AvgIpc) is 3.09. The summed E-state index contributed by atoms with van der Waals surface area (Å²) in [5.74, 6) is 2.42. The molecule has 4 heteroatoms. The molecule has 0 unspecified atom stereocenters. The van der Waals surface area contributed by atoms with Crippen LogP contribution in [0.1, 0.15) is 63.6 Å². The highest BCUT2D eigenvalue weighted by Gasteiger charge is 2.21. The SMILES string of the molecule is CC1CCC(COCCn2cc([C@H](c3ccccc3)C(C)C)nn2)CC1. The first-order chi connectivity index (χ1) is 12.6. The van der Waals surface area contributed by atoms with Crippen molar-refractivity contribution in [3.63, 3.8) is 0 Å². The van der Waals surface area contributed by atoms with E-state index in [0.717, 1.165) is 30.7 Å². The molecule has 1 aromatic heterocycles. The van der Waals surface area contributed by atoms with Crippen molar-refractivity contribution < 1.29 is 4.74 Å². The highest BCUT2D eigenvalue weighted by molar-refractivity contribution is 5.27. The molecule has 1 saturated carbocycles. The number of hydrogen-bond donors (Lipinski definition) is 0. The Balaban J connectivity index is 1.49. The molecule has 1 fully saturated rings. The van der Waals surface area contributed by atoms with E-state index in [0.29, 0.717) is 12.5 Å². The zero-order chi connectivity index (χ0) is 18.4. The topological polar surface area (TPSA) is 39.9 Å². The van der Waals surface area contributed by atoms with Crippen LogP contribution >= 0.6 is 0 Å². The molecule has 1 aromatic carbocycles. The molecule has 1 aliphatic carbocycles. The van der Waals surface area contributed by atoms with Crippen LogP contribution in [0.4, 0.5) is 0 Å². The van der Waals surface area contributed by atoms with E-state index in [2.05, 4.69) is 67.6 Å².